The molecule has 3 rings (SSSR count). The summed E-state index contributed by atoms with van der Waals surface area (Å²) >= 11 is 0. The Kier molecular flexibility index (Phi) is 1.86. The van der Waals surface area contributed by atoms with Crippen molar-refractivity contribution >= 4 is 16.5 Å². The fraction of sp³-hybridized carbons (Fsp3) is 0. The van der Waals surface area contributed by atoms with Crippen molar-refractivity contribution in [3.8, 4) is 11.3 Å². The van der Waals surface area contributed by atoms with Gasteiger partial charge in [0.2, 0.25) is 0 Å². The molecule has 0 radical (unpaired) electrons. The van der Waals surface area contributed by atoms with E-state index >= 15 is 0 Å². The van der Waals surface area contributed by atoms with Crippen molar-refractivity contribution in [3.63, 3.8) is 0 Å². The first kappa shape index (κ1) is 8.91. The summed E-state index contributed by atoms with van der Waals surface area (Å²) in [7, 11) is 0. The molecule has 0 aliphatic heterocycles. The zero-order valence-electron chi connectivity index (χ0n) is 8.42. The molecule has 0 unspecified atom stereocenters. The maximum absolute atomic E-state index is 5.79. The van der Waals surface area contributed by atoms with Gasteiger partial charge in [0.15, 0.2) is 5.76 Å². The maximum atomic E-state index is 5.79. The van der Waals surface area contributed by atoms with Gasteiger partial charge in [-0.15, -0.1) is 0 Å². The van der Waals surface area contributed by atoms with Gasteiger partial charge in [0.1, 0.15) is 5.69 Å². The molecule has 2 aromatic heterocycles. The summed E-state index contributed by atoms with van der Waals surface area (Å²) in [5.41, 5.74) is 7.28. The van der Waals surface area contributed by atoms with Crippen LogP contribution in [0.4, 0.5) is 5.69 Å². The molecule has 2 heterocycles. The first-order chi connectivity index (χ1) is 7.86. The number of aromatic nitrogens is 2. The van der Waals surface area contributed by atoms with Crippen LogP contribution >= 0.6 is 0 Å². The van der Waals surface area contributed by atoms with E-state index in [4.69, 9.17) is 10.3 Å². The first-order valence-corrected chi connectivity index (χ1v) is 4.89. The number of nitrogen functional groups attached to an aromatic ring is 1. The van der Waals surface area contributed by atoms with Gasteiger partial charge in [-0.2, -0.15) is 0 Å². The molecular formula is C12H9N3O. The molecule has 0 saturated heterocycles. The van der Waals surface area contributed by atoms with Crippen molar-refractivity contribution in [2.45, 2.75) is 0 Å². The molecule has 0 aliphatic rings. The number of benzene rings is 1. The summed E-state index contributed by atoms with van der Waals surface area (Å²) in [6, 6.07) is 7.84. The molecule has 0 spiro atoms. The molecule has 0 bridgehead atoms. The lowest BCUT2D eigenvalue weighted by atomic mass is 10.0. The van der Waals surface area contributed by atoms with Crippen molar-refractivity contribution in [1.82, 2.24) is 10.1 Å². The number of hydrogen-bond acceptors (Lipinski definition) is 4. The quantitative estimate of drug-likeness (QED) is 0.671. The van der Waals surface area contributed by atoms with Crippen LogP contribution in [0.5, 0.6) is 0 Å². The van der Waals surface area contributed by atoms with Crippen LogP contribution < -0.4 is 5.73 Å². The Hall–Kier alpha value is -2.36. The Balaban J connectivity index is 2.36. The van der Waals surface area contributed by atoms with E-state index in [2.05, 4.69) is 10.1 Å². The highest BCUT2D eigenvalue weighted by Crippen LogP contribution is 2.31. The average molecular weight is 211 g/mol. The van der Waals surface area contributed by atoms with Gasteiger partial charge in [-0.3, -0.25) is 4.98 Å². The van der Waals surface area contributed by atoms with E-state index in [-0.39, 0.29) is 0 Å². The van der Waals surface area contributed by atoms with Gasteiger partial charge in [-0.25, -0.2) is 0 Å². The third-order valence-electron chi connectivity index (χ3n) is 2.52. The molecule has 0 aliphatic carbocycles. The largest absolute Gasteiger partial charge is 0.394 e. The van der Waals surface area contributed by atoms with Crippen LogP contribution in [0.25, 0.3) is 22.1 Å². The first-order valence-electron chi connectivity index (χ1n) is 4.89. The Labute approximate surface area is 91.7 Å². The zero-order valence-corrected chi connectivity index (χ0v) is 8.42. The maximum Gasteiger partial charge on any atom is 0.190 e. The van der Waals surface area contributed by atoms with Crippen LogP contribution in [-0.2, 0) is 0 Å². The van der Waals surface area contributed by atoms with E-state index in [0.717, 1.165) is 16.3 Å². The Morgan fingerprint density at radius 2 is 2.06 bits per heavy atom. The molecule has 78 valence electrons. The summed E-state index contributed by atoms with van der Waals surface area (Å²) in [6.45, 7) is 0. The number of hydrogen-bond donors (Lipinski definition) is 1. The second-order valence-electron chi connectivity index (χ2n) is 3.51. The van der Waals surface area contributed by atoms with Gasteiger partial charge in [-0.05, 0) is 11.5 Å². The van der Waals surface area contributed by atoms with Crippen molar-refractivity contribution in [1.29, 1.82) is 0 Å². The van der Waals surface area contributed by atoms with Gasteiger partial charge >= 0.3 is 0 Å². The predicted octanol–water partition coefficient (Wildman–Crippen LogP) is 2.47. The minimum absolute atomic E-state index is 0.546. The fourth-order valence-corrected chi connectivity index (χ4v) is 1.77. The van der Waals surface area contributed by atoms with Crippen LogP contribution in [0.1, 0.15) is 0 Å². The Morgan fingerprint density at radius 3 is 2.88 bits per heavy atom. The smallest absolute Gasteiger partial charge is 0.190 e. The number of nitrogens with two attached hydrogens (primary N) is 1. The molecule has 16 heavy (non-hydrogen) atoms. The number of nitrogens with zero attached hydrogens (tertiary/aromatic N) is 2. The monoisotopic (exact) mass is 211 g/mol. The molecule has 0 atom stereocenters. The second kappa shape index (κ2) is 3.34. The third-order valence-corrected chi connectivity index (χ3v) is 2.52. The number of rotatable bonds is 1. The molecule has 0 saturated carbocycles. The number of anilines is 1. The molecule has 0 fully saturated rings. The van der Waals surface area contributed by atoms with E-state index in [0.29, 0.717) is 11.4 Å². The van der Waals surface area contributed by atoms with Crippen LogP contribution in [-0.4, -0.2) is 10.1 Å². The normalized spacial score (nSPS) is 10.8. The van der Waals surface area contributed by atoms with Gasteiger partial charge in [-0.1, -0.05) is 23.4 Å². The minimum Gasteiger partial charge on any atom is -0.394 e. The predicted molar refractivity (Wildman–Crippen MR) is 61.7 cm³/mol. The molecule has 1 aromatic carbocycles. The summed E-state index contributed by atoms with van der Waals surface area (Å²) in [5, 5.41) is 5.80. The Morgan fingerprint density at radius 1 is 1.12 bits per heavy atom. The molecule has 2 N–H and O–H groups in total. The van der Waals surface area contributed by atoms with E-state index < -0.39 is 0 Å². The molecule has 4 nitrogen and oxygen atoms in total. The number of pyridine rings is 1. The van der Waals surface area contributed by atoms with E-state index in [1.807, 2.05) is 30.5 Å². The van der Waals surface area contributed by atoms with Crippen molar-refractivity contribution in [2.75, 3.05) is 5.73 Å². The highest BCUT2D eigenvalue weighted by molar-refractivity contribution is 5.96. The topological polar surface area (TPSA) is 64.9 Å². The lowest BCUT2D eigenvalue weighted by molar-refractivity contribution is 0.433. The second-order valence-corrected chi connectivity index (χ2v) is 3.51. The van der Waals surface area contributed by atoms with Gasteiger partial charge in [0.25, 0.3) is 0 Å². The van der Waals surface area contributed by atoms with Crippen molar-refractivity contribution < 1.29 is 4.52 Å². The summed E-state index contributed by atoms with van der Waals surface area (Å²) in [5.74, 6) is 0.608. The standard InChI is InChI=1S/C12H9N3O/c13-11-7-15-16-12(11)10-3-1-2-8-6-14-5-4-9(8)10/h1-7H,13H2. The Bertz CT molecular complexity index is 640. The van der Waals surface area contributed by atoms with Crippen LogP contribution in [0, 0.1) is 0 Å². The SMILES string of the molecule is Nc1cnoc1-c1cccc2cnccc12. The van der Waals surface area contributed by atoms with E-state index in [1.54, 1.807) is 6.20 Å². The van der Waals surface area contributed by atoms with Gasteiger partial charge in [0.05, 0.1) is 6.20 Å². The molecule has 4 heteroatoms. The van der Waals surface area contributed by atoms with Gasteiger partial charge in [0, 0.05) is 23.3 Å². The lowest BCUT2D eigenvalue weighted by Crippen LogP contribution is -1.86. The van der Waals surface area contributed by atoms with Gasteiger partial charge < -0.3 is 10.3 Å². The highest BCUT2D eigenvalue weighted by Gasteiger charge is 2.10. The molecule has 0 amide bonds. The fourth-order valence-electron chi connectivity index (χ4n) is 1.77. The third kappa shape index (κ3) is 1.24. The van der Waals surface area contributed by atoms with E-state index in [9.17, 15) is 0 Å². The highest BCUT2D eigenvalue weighted by atomic mass is 16.5. The summed E-state index contributed by atoms with van der Waals surface area (Å²) in [6.07, 6.45) is 5.07. The minimum atomic E-state index is 0.546. The van der Waals surface area contributed by atoms with Crippen LogP contribution in [0.15, 0.2) is 47.4 Å². The summed E-state index contributed by atoms with van der Waals surface area (Å²) < 4.78 is 5.16. The molecule has 3 aromatic rings. The van der Waals surface area contributed by atoms with Crippen LogP contribution in [0.3, 0.4) is 0 Å². The average Bonchev–Trinajstić information content (AvgIpc) is 2.75. The van der Waals surface area contributed by atoms with Crippen molar-refractivity contribution in [2.24, 2.45) is 0 Å². The zero-order chi connectivity index (χ0) is 11.0. The van der Waals surface area contributed by atoms with E-state index in [1.165, 1.54) is 6.20 Å². The van der Waals surface area contributed by atoms with Crippen molar-refractivity contribution in [3.05, 3.63) is 42.9 Å². The summed E-state index contributed by atoms with van der Waals surface area (Å²) in [4.78, 5) is 4.08. The lowest BCUT2D eigenvalue weighted by Gasteiger charge is -2.02. The number of fused-ring (bicyclic) bond motifs is 1. The van der Waals surface area contributed by atoms with Crippen LogP contribution in [0.2, 0.25) is 0 Å². The molecular weight excluding hydrogens is 202 g/mol.